The fourth-order valence-corrected chi connectivity index (χ4v) is 3.07. The molecule has 1 aromatic heterocycles. The number of benzene rings is 2. The highest BCUT2D eigenvalue weighted by Crippen LogP contribution is 2.32. The second kappa shape index (κ2) is 9.07. The van der Waals surface area contributed by atoms with Crippen molar-refractivity contribution in [2.24, 2.45) is 0 Å². The van der Waals surface area contributed by atoms with E-state index in [9.17, 15) is 0 Å². The topological polar surface area (TPSA) is 40.6 Å². The van der Waals surface area contributed by atoms with E-state index in [1.807, 2.05) is 36.4 Å². The lowest BCUT2D eigenvalue weighted by Gasteiger charge is -2.23. The molecular formula is C24H29NO3. The van der Waals surface area contributed by atoms with Crippen molar-refractivity contribution >= 4 is 10.9 Å². The Labute approximate surface area is 167 Å². The van der Waals surface area contributed by atoms with Crippen LogP contribution in [0.25, 0.3) is 10.9 Å². The molecule has 2 aromatic carbocycles. The van der Waals surface area contributed by atoms with E-state index >= 15 is 0 Å². The Bertz CT molecular complexity index is 910. The summed E-state index contributed by atoms with van der Waals surface area (Å²) < 4.78 is 17.5. The zero-order chi connectivity index (χ0) is 20.0. The maximum Gasteiger partial charge on any atom is 0.145 e. The van der Waals surface area contributed by atoms with Crippen LogP contribution >= 0.6 is 0 Å². The van der Waals surface area contributed by atoms with Crippen LogP contribution in [0.15, 0.2) is 54.7 Å². The quantitative estimate of drug-likeness (QED) is 0.497. The van der Waals surface area contributed by atoms with E-state index in [4.69, 9.17) is 14.2 Å². The first-order chi connectivity index (χ1) is 13.4. The van der Waals surface area contributed by atoms with Crippen molar-refractivity contribution in [3.05, 3.63) is 65.9 Å². The maximum atomic E-state index is 5.97. The molecule has 0 N–H and O–H groups in total. The highest BCUT2D eigenvalue weighted by molar-refractivity contribution is 5.84. The third-order valence-corrected chi connectivity index (χ3v) is 4.51. The van der Waals surface area contributed by atoms with Gasteiger partial charge in [-0.3, -0.25) is 4.98 Å². The van der Waals surface area contributed by atoms with E-state index in [1.165, 1.54) is 11.1 Å². The number of hydrogen-bond donors (Lipinski definition) is 0. The van der Waals surface area contributed by atoms with Gasteiger partial charge in [-0.15, -0.1) is 0 Å². The standard InChI is InChI=1S/C24H29NO3/c1-18-10-11-21(20(17-18)24(2,3)4)27-15-13-26-14-16-28-22-9-5-7-19-8-6-12-25-23(19)22/h5-12,17H,13-16H2,1-4H3. The van der Waals surface area contributed by atoms with Crippen molar-refractivity contribution in [3.63, 3.8) is 0 Å². The van der Waals surface area contributed by atoms with E-state index in [2.05, 4.69) is 44.8 Å². The molecule has 3 aromatic rings. The van der Waals surface area contributed by atoms with Gasteiger partial charge in [0, 0.05) is 11.6 Å². The lowest BCUT2D eigenvalue weighted by molar-refractivity contribution is 0.0763. The number of fused-ring (bicyclic) bond motifs is 1. The van der Waals surface area contributed by atoms with Gasteiger partial charge in [0.1, 0.15) is 30.2 Å². The van der Waals surface area contributed by atoms with Gasteiger partial charge in [-0.1, -0.05) is 56.7 Å². The molecule has 0 spiro atoms. The molecule has 0 aliphatic heterocycles. The number of pyridine rings is 1. The number of rotatable bonds is 8. The van der Waals surface area contributed by atoms with Gasteiger partial charge in [0.25, 0.3) is 0 Å². The Morgan fingerprint density at radius 3 is 2.29 bits per heavy atom. The summed E-state index contributed by atoms with van der Waals surface area (Å²) in [5, 5.41) is 1.07. The molecular weight excluding hydrogens is 350 g/mol. The summed E-state index contributed by atoms with van der Waals surface area (Å²) in [6.07, 6.45) is 1.78. The van der Waals surface area contributed by atoms with Crippen LogP contribution in [0, 0.1) is 6.92 Å². The molecule has 28 heavy (non-hydrogen) atoms. The van der Waals surface area contributed by atoms with Crippen LogP contribution in [0.5, 0.6) is 11.5 Å². The zero-order valence-corrected chi connectivity index (χ0v) is 17.2. The number of para-hydroxylation sites is 1. The monoisotopic (exact) mass is 379 g/mol. The Hall–Kier alpha value is -2.59. The van der Waals surface area contributed by atoms with Gasteiger partial charge >= 0.3 is 0 Å². The first kappa shape index (κ1) is 20.2. The second-order valence-corrected chi connectivity index (χ2v) is 7.89. The molecule has 0 bridgehead atoms. The molecule has 148 valence electrons. The zero-order valence-electron chi connectivity index (χ0n) is 17.2. The summed E-state index contributed by atoms with van der Waals surface area (Å²) in [5.41, 5.74) is 3.39. The molecule has 0 saturated heterocycles. The van der Waals surface area contributed by atoms with Gasteiger partial charge in [-0.05, 0) is 36.1 Å². The van der Waals surface area contributed by atoms with Gasteiger partial charge in [0.2, 0.25) is 0 Å². The van der Waals surface area contributed by atoms with Gasteiger partial charge in [-0.2, -0.15) is 0 Å². The molecule has 0 aliphatic rings. The predicted molar refractivity (Wildman–Crippen MR) is 113 cm³/mol. The Morgan fingerprint density at radius 1 is 0.821 bits per heavy atom. The Morgan fingerprint density at radius 2 is 1.54 bits per heavy atom. The number of aryl methyl sites for hydroxylation is 1. The smallest absolute Gasteiger partial charge is 0.145 e. The second-order valence-electron chi connectivity index (χ2n) is 7.89. The summed E-state index contributed by atoms with van der Waals surface area (Å²) in [4.78, 5) is 4.39. The average molecular weight is 380 g/mol. The maximum absolute atomic E-state index is 5.97. The molecule has 4 nitrogen and oxygen atoms in total. The minimum Gasteiger partial charge on any atom is -0.491 e. The summed E-state index contributed by atoms with van der Waals surface area (Å²) in [7, 11) is 0. The van der Waals surface area contributed by atoms with Crippen molar-refractivity contribution in [1.82, 2.24) is 4.98 Å². The normalized spacial score (nSPS) is 11.6. The van der Waals surface area contributed by atoms with Crippen molar-refractivity contribution in [1.29, 1.82) is 0 Å². The Balaban J connectivity index is 1.42. The number of aromatic nitrogens is 1. The van der Waals surface area contributed by atoms with E-state index in [0.29, 0.717) is 26.4 Å². The SMILES string of the molecule is Cc1ccc(OCCOCCOc2cccc3cccnc23)c(C(C)(C)C)c1. The van der Waals surface area contributed by atoms with Crippen molar-refractivity contribution < 1.29 is 14.2 Å². The lowest BCUT2D eigenvalue weighted by Crippen LogP contribution is -2.16. The molecule has 1 heterocycles. The van der Waals surface area contributed by atoms with Gasteiger partial charge in [-0.25, -0.2) is 0 Å². The largest absolute Gasteiger partial charge is 0.491 e. The van der Waals surface area contributed by atoms with Gasteiger partial charge in [0.05, 0.1) is 13.2 Å². The van der Waals surface area contributed by atoms with Crippen LogP contribution in [0.4, 0.5) is 0 Å². The third-order valence-electron chi connectivity index (χ3n) is 4.51. The average Bonchev–Trinajstić information content (AvgIpc) is 2.67. The van der Waals surface area contributed by atoms with Crippen LogP contribution in [0.1, 0.15) is 31.9 Å². The van der Waals surface area contributed by atoms with E-state index in [1.54, 1.807) is 6.20 Å². The first-order valence-electron chi connectivity index (χ1n) is 9.73. The molecule has 3 rings (SSSR count). The van der Waals surface area contributed by atoms with Crippen LogP contribution in [0.2, 0.25) is 0 Å². The lowest BCUT2D eigenvalue weighted by atomic mass is 9.85. The third kappa shape index (κ3) is 5.23. The number of nitrogens with zero attached hydrogens (tertiary/aromatic N) is 1. The summed E-state index contributed by atoms with van der Waals surface area (Å²) in [5.74, 6) is 1.72. The molecule has 0 atom stereocenters. The molecule has 4 heteroatoms. The number of hydrogen-bond acceptors (Lipinski definition) is 4. The number of ether oxygens (including phenoxy) is 3. The minimum atomic E-state index is 0.0442. The van der Waals surface area contributed by atoms with Gasteiger partial charge < -0.3 is 14.2 Å². The summed E-state index contributed by atoms with van der Waals surface area (Å²) >= 11 is 0. The van der Waals surface area contributed by atoms with Crippen molar-refractivity contribution in [2.75, 3.05) is 26.4 Å². The van der Waals surface area contributed by atoms with Crippen molar-refractivity contribution in [3.8, 4) is 11.5 Å². The molecule has 0 unspecified atom stereocenters. The fourth-order valence-electron chi connectivity index (χ4n) is 3.07. The fraction of sp³-hybridized carbons (Fsp3) is 0.375. The van der Waals surface area contributed by atoms with Crippen molar-refractivity contribution in [2.45, 2.75) is 33.1 Å². The highest BCUT2D eigenvalue weighted by Gasteiger charge is 2.19. The van der Waals surface area contributed by atoms with Crippen LogP contribution in [-0.2, 0) is 10.2 Å². The highest BCUT2D eigenvalue weighted by atomic mass is 16.5. The minimum absolute atomic E-state index is 0.0442. The molecule has 0 fully saturated rings. The van der Waals surface area contributed by atoms with E-state index < -0.39 is 0 Å². The van der Waals surface area contributed by atoms with Crippen LogP contribution in [0.3, 0.4) is 0 Å². The van der Waals surface area contributed by atoms with Gasteiger partial charge in [0.15, 0.2) is 0 Å². The van der Waals surface area contributed by atoms with E-state index in [-0.39, 0.29) is 5.41 Å². The Kier molecular flexibility index (Phi) is 6.53. The molecule has 0 aliphatic carbocycles. The van der Waals surface area contributed by atoms with E-state index in [0.717, 1.165) is 22.4 Å². The van der Waals surface area contributed by atoms with Crippen LogP contribution < -0.4 is 9.47 Å². The molecule has 0 amide bonds. The summed E-state index contributed by atoms with van der Waals surface area (Å²) in [6.45, 7) is 10.7. The molecule has 0 radical (unpaired) electrons. The first-order valence-corrected chi connectivity index (χ1v) is 9.73. The molecule has 0 saturated carbocycles. The van der Waals surface area contributed by atoms with Crippen LogP contribution in [-0.4, -0.2) is 31.4 Å². The predicted octanol–water partition coefficient (Wildman–Crippen LogP) is 5.32. The summed E-state index contributed by atoms with van der Waals surface area (Å²) in [6, 6.07) is 16.2.